The molecule has 1 N–H and O–H groups in total. The quantitative estimate of drug-likeness (QED) is 0.814. The van der Waals surface area contributed by atoms with Gasteiger partial charge in [-0.1, -0.05) is 23.7 Å². The molecule has 5 nitrogen and oxygen atoms in total. The lowest BCUT2D eigenvalue weighted by molar-refractivity contribution is -0.113. The van der Waals surface area contributed by atoms with Gasteiger partial charge in [-0.05, 0) is 35.9 Å². The van der Waals surface area contributed by atoms with Gasteiger partial charge in [-0.15, -0.1) is 11.8 Å². The van der Waals surface area contributed by atoms with Gasteiger partial charge in [0.2, 0.25) is 5.91 Å². The number of nitrogens with zero attached hydrogens (tertiary/aromatic N) is 1. The maximum atomic E-state index is 12.1. The first-order chi connectivity index (χ1) is 12.0. The highest BCUT2D eigenvalue weighted by Gasteiger charge is 2.32. The van der Waals surface area contributed by atoms with Crippen LogP contribution in [0.1, 0.15) is 26.3 Å². The van der Waals surface area contributed by atoms with Gasteiger partial charge < -0.3 is 5.32 Å². The summed E-state index contributed by atoms with van der Waals surface area (Å²) >= 11 is 7.40. The number of nitrogens with one attached hydrogen (secondary N) is 1. The molecular formula is C18H15ClN2O3S. The lowest BCUT2D eigenvalue weighted by Crippen LogP contribution is -2.24. The summed E-state index contributed by atoms with van der Waals surface area (Å²) in [6, 6.07) is 12.2. The number of carbonyl (C=O) groups is 3. The first-order valence-electron chi connectivity index (χ1n) is 7.54. The van der Waals surface area contributed by atoms with Crippen LogP contribution in [-0.4, -0.2) is 35.4 Å². The predicted octanol–water partition coefficient (Wildman–Crippen LogP) is 3.44. The average Bonchev–Trinajstić information content (AvgIpc) is 2.79. The van der Waals surface area contributed by atoms with Gasteiger partial charge in [0, 0.05) is 23.5 Å². The molecule has 0 aliphatic carbocycles. The Hall–Kier alpha value is -2.31. The van der Waals surface area contributed by atoms with E-state index in [-0.39, 0.29) is 23.5 Å². The van der Waals surface area contributed by atoms with Crippen molar-refractivity contribution >= 4 is 46.8 Å². The van der Waals surface area contributed by atoms with Gasteiger partial charge in [-0.2, -0.15) is 0 Å². The molecular weight excluding hydrogens is 360 g/mol. The summed E-state index contributed by atoms with van der Waals surface area (Å²) < 4.78 is 0. The average molecular weight is 375 g/mol. The Morgan fingerprint density at radius 2 is 1.88 bits per heavy atom. The van der Waals surface area contributed by atoms with Crippen molar-refractivity contribution in [3.05, 3.63) is 64.2 Å². The third-order valence-electron chi connectivity index (χ3n) is 3.76. The molecule has 0 saturated carbocycles. The third-order valence-corrected chi connectivity index (χ3v) is 5.00. The predicted molar refractivity (Wildman–Crippen MR) is 99.1 cm³/mol. The maximum Gasteiger partial charge on any atom is 0.261 e. The Kier molecular flexibility index (Phi) is 5.11. The first kappa shape index (κ1) is 17.5. The van der Waals surface area contributed by atoms with E-state index in [9.17, 15) is 14.4 Å². The molecule has 128 valence electrons. The fraction of sp³-hybridized carbons (Fsp3) is 0.167. The SMILES string of the molecule is CN1C(=O)c2ccc(NC(=O)CSCc3cccc(Cl)c3)cc2C1=O. The smallest absolute Gasteiger partial charge is 0.261 e. The van der Waals surface area contributed by atoms with Crippen molar-refractivity contribution in [1.29, 1.82) is 0 Å². The molecule has 25 heavy (non-hydrogen) atoms. The van der Waals surface area contributed by atoms with E-state index in [0.717, 1.165) is 10.5 Å². The fourth-order valence-corrected chi connectivity index (χ4v) is 3.51. The minimum atomic E-state index is -0.355. The van der Waals surface area contributed by atoms with Gasteiger partial charge in [-0.25, -0.2) is 0 Å². The number of fused-ring (bicyclic) bond motifs is 1. The number of halogens is 1. The second kappa shape index (κ2) is 7.29. The van der Waals surface area contributed by atoms with Crippen molar-refractivity contribution in [2.24, 2.45) is 0 Å². The Morgan fingerprint density at radius 1 is 1.12 bits per heavy atom. The van der Waals surface area contributed by atoms with Crippen LogP contribution in [0.25, 0.3) is 0 Å². The van der Waals surface area contributed by atoms with Crippen LogP contribution < -0.4 is 5.32 Å². The van der Waals surface area contributed by atoms with Gasteiger partial charge >= 0.3 is 0 Å². The topological polar surface area (TPSA) is 66.5 Å². The second-order valence-electron chi connectivity index (χ2n) is 5.60. The van der Waals surface area contributed by atoms with E-state index < -0.39 is 0 Å². The van der Waals surface area contributed by atoms with Crippen molar-refractivity contribution in [3.63, 3.8) is 0 Å². The summed E-state index contributed by atoms with van der Waals surface area (Å²) in [6.45, 7) is 0. The highest BCUT2D eigenvalue weighted by molar-refractivity contribution is 7.99. The van der Waals surface area contributed by atoms with Crippen LogP contribution in [0.5, 0.6) is 0 Å². The van der Waals surface area contributed by atoms with Crippen LogP contribution in [0.4, 0.5) is 5.69 Å². The zero-order chi connectivity index (χ0) is 18.0. The van der Waals surface area contributed by atoms with Crippen LogP contribution in [-0.2, 0) is 10.5 Å². The molecule has 2 aromatic carbocycles. The molecule has 0 fully saturated rings. The van der Waals surface area contributed by atoms with E-state index in [1.54, 1.807) is 24.3 Å². The number of carbonyl (C=O) groups excluding carboxylic acids is 3. The summed E-state index contributed by atoms with van der Waals surface area (Å²) in [5, 5.41) is 3.42. The second-order valence-corrected chi connectivity index (χ2v) is 7.02. The number of thioether (sulfide) groups is 1. The Bertz CT molecular complexity index is 869. The van der Waals surface area contributed by atoms with Crippen LogP contribution in [0, 0.1) is 0 Å². The van der Waals surface area contributed by atoms with E-state index in [1.807, 2.05) is 18.2 Å². The van der Waals surface area contributed by atoms with Crippen LogP contribution in [0.15, 0.2) is 42.5 Å². The molecule has 0 saturated heterocycles. The number of anilines is 1. The minimum Gasteiger partial charge on any atom is -0.325 e. The highest BCUT2D eigenvalue weighted by atomic mass is 35.5. The lowest BCUT2D eigenvalue weighted by Gasteiger charge is -2.06. The molecule has 0 bridgehead atoms. The van der Waals surface area contributed by atoms with Crippen LogP contribution >= 0.6 is 23.4 Å². The van der Waals surface area contributed by atoms with Crippen molar-refractivity contribution in [2.45, 2.75) is 5.75 Å². The molecule has 7 heteroatoms. The highest BCUT2D eigenvalue weighted by Crippen LogP contribution is 2.25. The summed E-state index contributed by atoms with van der Waals surface area (Å²) in [5.74, 6) is 0.102. The molecule has 1 aliphatic heterocycles. The van der Waals surface area contributed by atoms with E-state index in [0.29, 0.717) is 27.6 Å². The third kappa shape index (κ3) is 3.86. The van der Waals surface area contributed by atoms with Gasteiger partial charge in [0.1, 0.15) is 0 Å². The molecule has 0 spiro atoms. The summed E-state index contributed by atoms with van der Waals surface area (Å²) in [6.07, 6.45) is 0. The zero-order valence-corrected chi connectivity index (χ0v) is 15.0. The summed E-state index contributed by atoms with van der Waals surface area (Å²) in [5.41, 5.74) is 2.23. The molecule has 0 aromatic heterocycles. The zero-order valence-electron chi connectivity index (χ0n) is 13.4. The van der Waals surface area contributed by atoms with E-state index in [1.165, 1.54) is 18.8 Å². The van der Waals surface area contributed by atoms with Crippen molar-refractivity contribution in [3.8, 4) is 0 Å². The van der Waals surface area contributed by atoms with Gasteiger partial charge in [0.05, 0.1) is 16.9 Å². The molecule has 0 atom stereocenters. The minimum absolute atomic E-state index is 0.169. The first-order valence-corrected chi connectivity index (χ1v) is 9.07. The molecule has 1 aliphatic rings. The number of benzene rings is 2. The monoisotopic (exact) mass is 374 g/mol. The number of hydrogen-bond donors (Lipinski definition) is 1. The standard InChI is InChI=1S/C18H15ClN2O3S/c1-21-17(23)14-6-5-13(8-15(14)18(21)24)20-16(22)10-25-9-11-3-2-4-12(19)7-11/h2-8H,9-10H2,1H3,(H,20,22). The summed E-state index contributed by atoms with van der Waals surface area (Å²) in [7, 11) is 1.44. The lowest BCUT2D eigenvalue weighted by atomic mass is 10.1. The molecule has 0 unspecified atom stereocenters. The summed E-state index contributed by atoms with van der Waals surface area (Å²) in [4.78, 5) is 37.0. The Balaban J connectivity index is 1.57. The number of hydrogen-bond acceptors (Lipinski definition) is 4. The largest absolute Gasteiger partial charge is 0.325 e. The van der Waals surface area contributed by atoms with Gasteiger partial charge in [0.25, 0.3) is 11.8 Å². The van der Waals surface area contributed by atoms with Crippen LogP contribution in [0.3, 0.4) is 0 Å². The molecule has 2 aromatic rings. The molecule has 0 radical (unpaired) electrons. The molecule has 1 heterocycles. The van der Waals surface area contributed by atoms with Crippen molar-refractivity contribution in [2.75, 3.05) is 18.1 Å². The van der Waals surface area contributed by atoms with Gasteiger partial charge in [-0.3, -0.25) is 19.3 Å². The Morgan fingerprint density at radius 3 is 2.64 bits per heavy atom. The van der Waals surface area contributed by atoms with E-state index >= 15 is 0 Å². The fourth-order valence-electron chi connectivity index (χ4n) is 2.52. The maximum absolute atomic E-state index is 12.1. The van der Waals surface area contributed by atoms with E-state index in [4.69, 9.17) is 11.6 Å². The van der Waals surface area contributed by atoms with Gasteiger partial charge in [0.15, 0.2) is 0 Å². The normalized spacial score (nSPS) is 13.1. The van der Waals surface area contributed by atoms with Crippen molar-refractivity contribution < 1.29 is 14.4 Å². The van der Waals surface area contributed by atoms with Crippen LogP contribution in [0.2, 0.25) is 5.02 Å². The van der Waals surface area contributed by atoms with E-state index in [2.05, 4.69) is 5.32 Å². The Labute approximate surface area is 154 Å². The van der Waals surface area contributed by atoms with Crippen molar-refractivity contribution in [1.82, 2.24) is 4.90 Å². The number of rotatable bonds is 5. The number of amides is 3. The molecule has 3 amide bonds. The number of imide groups is 1. The molecule has 3 rings (SSSR count).